The zero-order chi connectivity index (χ0) is 24.6. The molecule has 0 radical (unpaired) electrons. The maximum absolute atomic E-state index is 13.3. The van der Waals surface area contributed by atoms with Gasteiger partial charge in [-0.3, -0.25) is 19.2 Å². The van der Waals surface area contributed by atoms with Gasteiger partial charge in [-0.25, -0.2) is 13.2 Å². The van der Waals surface area contributed by atoms with Crippen LogP contribution in [-0.4, -0.2) is 37.7 Å². The van der Waals surface area contributed by atoms with Crippen molar-refractivity contribution in [2.24, 2.45) is 0 Å². The molecule has 1 atom stereocenters. The number of para-hydroxylation sites is 2. The standard InChI is InChI=1S/C25H22N4O5S/c30-22(16-29-23(31)25(27-24(29)32)15-14-17-8-4-5-11-19(17)25)26-20-12-6-7-13-21(20)28-35(33,34)18-9-2-1-3-10-18/h1-13,28H,14-16H2,(H,26,30)(H,27,32). The first-order chi connectivity index (χ1) is 16.8. The van der Waals surface area contributed by atoms with Crippen molar-refractivity contribution in [2.45, 2.75) is 23.3 Å². The van der Waals surface area contributed by atoms with Crippen LogP contribution >= 0.6 is 0 Å². The summed E-state index contributed by atoms with van der Waals surface area (Å²) in [5.74, 6) is -1.11. The molecule has 2 aliphatic rings. The van der Waals surface area contributed by atoms with Crippen molar-refractivity contribution >= 4 is 39.2 Å². The van der Waals surface area contributed by atoms with Gasteiger partial charge in [-0.2, -0.15) is 0 Å². The molecule has 1 saturated heterocycles. The van der Waals surface area contributed by atoms with Crippen LogP contribution in [0.2, 0.25) is 0 Å². The number of anilines is 2. The van der Waals surface area contributed by atoms with E-state index in [0.717, 1.165) is 16.0 Å². The molecule has 4 amide bonds. The molecule has 3 aromatic rings. The third-order valence-corrected chi connectivity index (χ3v) is 7.60. The molecule has 1 aliphatic carbocycles. The maximum atomic E-state index is 13.3. The molecule has 5 rings (SSSR count). The molecule has 178 valence electrons. The Balaban J connectivity index is 1.32. The quantitative estimate of drug-likeness (QED) is 0.459. The first-order valence-corrected chi connectivity index (χ1v) is 12.5. The van der Waals surface area contributed by atoms with Crippen molar-refractivity contribution in [1.82, 2.24) is 10.2 Å². The van der Waals surface area contributed by atoms with E-state index in [9.17, 15) is 22.8 Å². The Bertz CT molecular complexity index is 1440. The average Bonchev–Trinajstić information content (AvgIpc) is 3.34. The minimum absolute atomic E-state index is 0.0719. The summed E-state index contributed by atoms with van der Waals surface area (Å²) >= 11 is 0. The predicted octanol–water partition coefficient (Wildman–Crippen LogP) is 2.82. The van der Waals surface area contributed by atoms with Crippen molar-refractivity contribution < 1.29 is 22.8 Å². The topological polar surface area (TPSA) is 125 Å². The Hall–Kier alpha value is -4.18. The van der Waals surface area contributed by atoms with Gasteiger partial charge in [0.25, 0.3) is 15.9 Å². The van der Waals surface area contributed by atoms with Gasteiger partial charge >= 0.3 is 6.03 Å². The third kappa shape index (κ3) is 4.01. The SMILES string of the molecule is O=C(CN1C(=O)NC2(CCc3ccccc32)C1=O)Nc1ccccc1NS(=O)(=O)c1ccccc1. The second kappa shape index (κ2) is 8.55. The largest absolute Gasteiger partial charge is 0.325 e. The summed E-state index contributed by atoms with van der Waals surface area (Å²) in [5.41, 5.74) is 0.944. The van der Waals surface area contributed by atoms with Crippen LogP contribution in [0.25, 0.3) is 0 Å². The van der Waals surface area contributed by atoms with Gasteiger partial charge in [-0.15, -0.1) is 0 Å². The highest BCUT2D eigenvalue weighted by atomic mass is 32.2. The average molecular weight is 491 g/mol. The number of hydrogen-bond acceptors (Lipinski definition) is 5. The van der Waals surface area contributed by atoms with Crippen LogP contribution in [0.3, 0.4) is 0 Å². The van der Waals surface area contributed by atoms with E-state index in [1.807, 2.05) is 24.3 Å². The molecule has 3 aromatic carbocycles. The molecular formula is C25H22N4O5S. The minimum atomic E-state index is -3.89. The number of fused-ring (bicyclic) bond motifs is 2. The van der Waals surface area contributed by atoms with E-state index in [2.05, 4.69) is 15.4 Å². The Morgan fingerprint density at radius 3 is 2.34 bits per heavy atom. The van der Waals surface area contributed by atoms with Gasteiger partial charge in [0, 0.05) is 0 Å². The lowest BCUT2D eigenvalue weighted by Gasteiger charge is -2.22. The smallest absolute Gasteiger partial charge is 0.323 e. The summed E-state index contributed by atoms with van der Waals surface area (Å²) in [7, 11) is -3.89. The van der Waals surface area contributed by atoms with E-state index in [1.54, 1.807) is 30.3 Å². The monoisotopic (exact) mass is 490 g/mol. The van der Waals surface area contributed by atoms with Gasteiger partial charge in [0.2, 0.25) is 5.91 Å². The molecule has 35 heavy (non-hydrogen) atoms. The highest BCUT2D eigenvalue weighted by Crippen LogP contribution is 2.41. The zero-order valence-electron chi connectivity index (χ0n) is 18.5. The summed E-state index contributed by atoms with van der Waals surface area (Å²) in [6, 6.07) is 20.9. The molecule has 0 saturated carbocycles. The molecule has 1 fully saturated rings. The Morgan fingerprint density at radius 2 is 1.57 bits per heavy atom. The number of sulfonamides is 1. The minimum Gasteiger partial charge on any atom is -0.323 e. The van der Waals surface area contributed by atoms with Crippen molar-refractivity contribution in [3.8, 4) is 0 Å². The number of urea groups is 1. The summed E-state index contributed by atoms with van der Waals surface area (Å²) < 4.78 is 27.9. The van der Waals surface area contributed by atoms with Crippen molar-refractivity contribution in [3.63, 3.8) is 0 Å². The van der Waals surface area contributed by atoms with E-state index in [-0.39, 0.29) is 16.3 Å². The molecule has 1 spiro atoms. The lowest BCUT2D eigenvalue weighted by atomic mass is 9.92. The Morgan fingerprint density at radius 1 is 0.914 bits per heavy atom. The first kappa shape index (κ1) is 22.6. The predicted molar refractivity (Wildman–Crippen MR) is 129 cm³/mol. The summed E-state index contributed by atoms with van der Waals surface area (Å²) in [4.78, 5) is 39.8. The second-order valence-electron chi connectivity index (χ2n) is 8.40. The number of rotatable bonds is 6. The zero-order valence-corrected chi connectivity index (χ0v) is 19.3. The number of carbonyl (C=O) groups excluding carboxylic acids is 3. The summed E-state index contributed by atoms with van der Waals surface area (Å²) in [5, 5.41) is 5.39. The van der Waals surface area contributed by atoms with Gasteiger partial charge in [-0.05, 0) is 48.2 Å². The number of aryl methyl sites for hydroxylation is 1. The third-order valence-electron chi connectivity index (χ3n) is 6.22. The molecule has 1 aliphatic heterocycles. The van der Waals surface area contributed by atoms with E-state index < -0.39 is 40.0 Å². The fourth-order valence-corrected chi connectivity index (χ4v) is 5.65. The van der Waals surface area contributed by atoms with E-state index in [1.165, 1.54) is 24.3 Å². The molecule has 0 aromatic heterocycles. The molecule has 0 bridgehead atoms. The van der Waals surface area contributed by atoms with Crippen LogP contribution in [0.5, 0.6) is 0 Å². The number of imide groups is 1. The Labute approximate surface area is 202 Å². The fourth-order valence-electron chi connectivity index (χ4n) is 4.55. The van der Waals surface area contributed by atoms with Gasteiger partial charge in [0.15, 0.2) is 0 Å². The second-order valence-corrected chi connectivity index (χ2v) is 10.1. The molecule has 1 unspecified atom stereocenters. The number of nitrogens with one attached hydrogen (secondary N) is 3. The van der Waals surface area contributed by atoms with E-state index >= 15 is 0 Å². The number of amides is 4. The normalized spacial score (nSPS) is 18.9. The number of hydrogen-bond donors (Lipinski definition) is 3. The van der Waals surface area contributed by atoms with Crippen LogP contribution in [0.4, 0.5) is 16.2 Å². The molecule has 9 nitrogen and oxygen atoms in total. The number of nitrogens with zero attached hydrogens (tertiary/aromatic N) is 1. The van der Waals surface area contributed by atoms with Crippen LogP contribution in [-0.2, 0) is 31.6 Å². The molecule has 3 N–H and O–H groups in total. The van der Waals surface area contributed by atoms with Crippen LogP contribution in [0.15, 0.2) is 83.8 Å². The summed E-state index contributed by atoms with van der Waals surface area (Å²) in [6.07, 6.45) is 1.08. The van der Waals surface area contributed by atoms with Crippen LogP contribution in [0, 0.1) is 0 Å². The van der Waals surface area contributed by atoms with Crippen molar-refractivity contribution in [2.75, 3.05) is 16.6 Å². The number of carbonyl (C=O) groups is 3. The molecule has 10 heteroatoms. The van der Waals surface area contributed by atoms with Crippen LogP contribution in [0.1, 0.15) is 17.5 Å². The van der Waals surface area contributed by atoms with E-state index in [4.69, 9.17) is 0 Å². The van der Waals surface area contributed by atoms with Gasteiger partial charge in [-0.1, -0.05) is 54.6 Å². The lowest BCUT2D eigenvalue weighted by Crippen LogP contribution is -2.43. The highest BCUT2D eigenvalue weighted by Gasteiger charge is 2.55. The van der Waals surface area contributed by atoms with Crippen molar-refractivity contribution in [3.05, 3.63) is 90.0 Å². The van der Waals surface area contributed by atoms with Gasteiger partial charge in [0.05, 0.1) is 16.3 Å². The lowest BCUT2D eigenvalue weighted by molar-refractivity contribution is -0.134. The van der Waals surface area contributed by atoms with Crippen LogP contribution < -0.4 is 15.4 Å². The fraction of sp³-hybridized carbons (Fsp3) is 0.160. The number of benzene rings is 3. The van der Waals surface area contributed by atoms with Gasteiger partial charge in [0.1, 0.15) is 12.1 Å². The summed E-state index contributed by atoms with van der Waals surface area (Å²) in [6.45, 7) is -0.506. The van der Waals surface area contributed by atoms with E-state index in [0.29, 0.717) is 12.8 Å². The molecule has 1 heterocycles. The van der Waals surface area contributed by atoms with Gasteiger partial charge < -0.3 is 10.6 Å². The maximum Gasteiger partial charge on any atom is 0.325 e. The first-order valence-electron chi connectivity index (χ1n) is 11.0. The molecular weight excluding hydrogens is 468 g/mol. The highest BCUT2D eigenvalue weighted by molar-refractivity contribution is 7.92. The Kier molecular flexibility index (Phi) is 5.52. The van der Waals surface area contributed by atoms with Crippen molar-refractivity contribution in [1.29, 1.82) is 0 Å².